The van der Waals surface area contributed by atoms with Crippen LogP contribution in [0, 0.1) is 0 Å². The molecule has 0 bridgehead atoms. The summed E-state index contributed by atoms with van der Waals surface area (Å²) in [5.41, 5.74) is 1.95. The van der Waals surface area contributed by atoms with Crippen LogP contribution in [0.25, 0.3) is 0 Å². The maximum atomic E-state index is 6.16. The lowest BCUT2D eigenvalue weighted by Gasteiger charge is -1.99. The SMILES string of the molecule is Cl[N+](c1ccccc1)c1ccccc1. The van der Waals surface area contributed by atoms with Gasteiger partial charge in [-0.2, -0.15) is 0 Å². The number of hydrogen-bond donors (Lipinski definition) is 0. The van der Waals surface area contributed by atoms with Gasteiger partial charge in [-0.15, -0.1) is 0 Å². The zero-order valence-corrected chi connectivity index (χ0v) is 8.35. The van der Waals surface area contributed by atoms with Crippen molar-refractivity contribution < 1.29 is 0 Å². The average molecular weight is 204 g/mol. The summed E-state index contributed by atoms with van der Waals surface area (Å²) in [6.45, 7) is 0. The fraction of sp³-hybridized carbons (Fsp3) is 0. The van der Waals surface area contributed by atoms with Crippen LogP contribution in [0.1, 0.15) is 0 Å². The van der Waals surface area contributed by atoms with Crippen LogP contribution < -0.4 is 4.42 Å². The molecular formula is C12H10ClN+. The number of benzene rings is 2. The molecule has 0 atom stereocenters. The molecule has 2 rings (SSSR count). The van der Waals surface area contributed by atoms with Gasteiger partial charge in [-0.3, -0.25) is 0 Å². The van der Waals surface area contributed by atoms with Gasteiger partial charge in [-0.05, 0) is 0 Å². The molecule has 0 amide bonds. The maximum Gasteiger partial charge on any atom is 0.239 e. The third kappa shape index (κ3) is 1.95. The van der Waals surface area contributed by atoms with Crippen molar-refractivity contribution >= 4 is 23.2 Å². The highest BCUT2D eigenvalue weighted by atomic mass is 35.5. The molecule has 2 aromatic carbocycles. The minimum atomic E-state index is 0.973. The molecule has 14 heavy (non-hydrogen) atoms. The lowest BCUT2D eigenvalue weighted by atomic mass is 10.3. The quantitative estimate of drug-likeness (QED) is 0.652. The Morgan fingerprint density at radius 3 is 1.36 bits per heavy atom. The Balaban J connectivity index is 2.30. The number of nitrogens with zero attached hydrogens (tertiary/aromatic N) is 1. The first kappa shape index (κ1) is 9.25. The standard InChI is InChI=1S/C12H10ClN/c13-14(11-7-3-1-4-8-11)12-9-5-2-6-10-12/h1-10H/q+1. The second-order valence-corrected chi connectivity index (χ2v) is 3.29. The van der Waals surface area contributed by atoms with Gasteiger partial charge in [0.1, 0.15) is 0 Å². The normalized spacial score (nSPS) is 10.4. The van der Waals surface area contributed by atoms with Crippen molar-refractivity contribution in [2.75, 3.05) is 0 Å². The summed E-state index contributed by atoms with van der Waals surface area (Å²) in [5.74, 6) is 0. The molecule has 0 aromatic heterocycles. The summed E-state index contributed by atoms with van der Waals surface area (Å²) in [4.78, 5) is 0. The number of para-hydroxylation sites is 2. The van der Waals surface area contributed by atoms with Gasteiger partial charge >= 0.3 is 0 Å². The number of rotatable bonds is 2. The lowest BCUT2D eigenvalue weighted by molar-refractivity contribution is 1.06. The van der Waals surface area contributed by atoms with Crippen molar-refractivity contribution in [2.45, 2.75) is 0 Å². The third-order valence-corrected chi connectivity index (χ3v) is 2.36. The number of anilines is 2. The molecule has 0 saturated heterocycles. The zero-order valence-electron chi connectivity index (χ0n) is 7.60. The summed E-state index contributed by atoms with van der Waals surface area (Å²) >= 11 is 6.16. The molecule has 0 aliphatic carbocycles. The van der Waals surface area contributed by atoms with Crippen molar-refractivity contribution in [2.24, 2.45) is 0 Å². The molecular weight excluding hydrogens is 194 g/mol. The Morgan fingerprint density at radius 2 is 1.00 bits per heavy atom. The molecule has 0 aliphatic rings. The topological polar surface area (TPSA) is 5.90 Å². The Hall–Kier alpha value is -1.31. The van der Waals surface area contributed by atoms with E-state index in [1.54, 1.807) is 4.42 Å². The van der Waals surface area contributed by atoms with Gasteiger partial charge in [0, 0.05) is 28.7 Å². The molecule has 0 heterocycles. The molecule has 0 unspecified atom stereocenters. The Kier molecular flexibility index (Phi) is 2.82. The van der Waals surface area contributed by atoms with Crippen molar-refractivity contribution in [1.29, 1.82) is 0 Å². The maximum absolute atomic E-state index is 6.16. The molecule has 0 spiro atoms. The van der Waals surface area contributed by atoms with Crippen LogP contribution in [0.15, 0.2) is 60.7 Å². The van der Waals surface area contributed by atoms with Gasteiger partial charge < -0.3 is 0 Å². The smallest absolute Gasteiger partial charge is 0.0618 e. The average Bonchev–Trinajstić information content (AvgIpc) is 2.30. The summed E-state index contributed by atoms with van der Waals surface area (Å²) in [6, 6.07) is 19.7. The predicted molar refractivity (Wildman–Crippen MR) is 60.2 cm³/mol. The van der Waals surface area contributed by atoms with E-state index in [1.165, 1.54) is 0 Å². The molecule has 0 fully saturated rings. The van der Waals surface area contributed by atoms with E-state index in [0.29, 0.717) is 0 Å². The molecule has 69 valence electrons. The molecule has 2 heteroatoms. The molecule has 0 saturated carbocycles. The highest BCUT2D eigenvalue weighted by Crippen LogP contribution is 2.25. The van der Waals surface area contributed by atoms with Crippen molar-refractivity contribution in [3.8, 4) is 0 Å². The second kappa shape index (κ2) is 4.27. The van der Waals surface area contributed by atoms with Crippen molar-refractivity contribution in [3.63, 3.8) is 0 Å². The second-order valence-electron chi connectivity index (χ2n) is 2.95. The van der Waals surface area contributed by atoms with Gasteiger partial charge in [-0.25, -0.2) is 0 Å². The Labute approximate surface area is 88.7 Å². The van der Waals surface area contributed by atoms with Gasteiger partial charge in [0.05, 0.1) is 0 Å². The third-order valence-electron chi connectivity index (χ3n) is 1.97. The highest BCUT2D eigenvalue weighted by Gasteiger charge is 2.18. The molecule has 1 radical (unpaired) electrons. The monoisotopic (exact) mass is 203 g/mol. The van der Waals surface area contributed by atoms with Crippen molar-refractivity contribution in [1.82, 2.24) is 4.42 Å². The first-order valence-corrected chi connectivity index (χ1v) is 4.78. The van der Waals surface area contributed by atoms with Crippen LogP contribution in [0.5, 0.6) is 0 Å². The van der Waals surface area contributed by atoms with Crippen LogP contribution in [0.4, 0.5) is 11.4 Å². The minimum absolute atomic E-state index is 0.973. The van der Waals surface area contributed by atoms with Crippen LogP contribution in [0.2, 0.25) is 0 Å². The molecule has 2 aromatic rings. The summed E-state index contributed by atoms with van der Waals surface area (Å²) in [7, 11) is 0. The number of halogens is 1. The van der Waals surface area contributed by atoms with E-state index in [2.05, 4.69) is 0 Å². The van der Waals surface area contributed by atoms with E-state index in [9.17, 15) is 0 Å². The van der Waals surface area contributed by atoms with E-state index < -0.39 is 0 Å². The van der Waals surface area contributed by atoms with Crippen LogP contribution in [-0.4, -0.2) is 0 Å². The Morgan fingerprint density at radius 1 is 0.643 bits per heavy atom. The minimum Gasteiger partial charge on any atom is -0.0618 e. The zero-order chi connectivity index (χ0) is 9.80. The van der Waals surface area contributed by atoms with Crippen LogP contribution in [-0.2, 0) is 0 Å². The highest BCUT2D eigenvalue weighted by molar-refractivity contribution is 6.21. The van der Waals surface area contributed by atoms with Gasteiger partial charge in [0.25, 0.3) is 0 Å². The largest absolute Gasteiger partial charge is 0.239 e. The summed E-state index contributed by atoms with van der Waals surface area (Å²) in [5, 5.41) is 0. The van der Waals surface area contributed by atoms with E-state index in [0.717, 1.165) is 11.4 Å². The predicted octanol–water partition coefficient (Wildman–Crippen LogP) is 3.94. The Bertz CT molecular complexity index is 346. The first-order valence-electron chi connectivity index (χ1n) is 4.44. The van der Waals surface area contributed by atoms with Crippen LogP contribution >= 0.6 is 11.8 Å². The fourth-order valence-corrected chi connectivity index (χ4v) is 1.49. The van der Waals surface area contributed by atoms with E-state index in [-0.39, 0.29) is 0 Å². The van der Waals surface area contributed by atoms with E-state index in [1.807, 2.05) is 60.7 Å². The van der Waals surface area contributed by atoms with E-state index in [4.69, 9.17) is 11.8 Å². The summed E-state index contributed by atoms with van der Waals surface area (Å²) < 4.78 is 1.64. The molecule has 0 N–H and O–H groups in total. The number of hydrogen-bond acceptors (Lipinski definition) is 1. The van der Waals surface area contributed by atoms with Gasteiger partial charge in [-0.1, -0.05) is 36.4 Å². The van der Waals surface area contributed by atoms with Crippen LogP contribution in [0.3, 0.4) is 0 Å². The fourth-order valence-electron chi connectivity index (χ4n) is 1.27. The summed E-state index contributed by atoms with van der Waals surface area (Å²) in [6.07, 6.45) is 0. The van der Waals surface area contributed by atoms with Gasteiger partial charge in [0.15, 0.2) is 0 Å². The first-order chi connectivity index (χ1) is 6.88. The van der Waals surface area contributed by atoms with E-state index >= 15 is 0 Å². The lowest BCUT2D eigenvalue weighted by Crippen LogP contribution is -2.02. The molecule has 1 nitrogen and oxygen atoms in total. The van der Waals surface area contributed by atoms with Crippen molar-refractivity contribution in [3.05, 3.63) is 60.7 Å². The molecule has 0 aliphatic heterocycles. The van der Waals surface area contributed by atoms with Gasteiger partial charge in [0.2, 0.25) is 23.2 Å².